The maximum Gasteiger partial charge on any atom is 0.389 e. The molecule has 1 aromatic heterocycles. The summed E-state index contributed by atoms with van der Waals surface area (Å²) < 4.78 is 36.4. The zero-order valence-electron chi connectivity index (χ0n) is 8.10. The van der Waals surface area contributed by atoms with Gasteiger partial charge in [0.05, 0.1) is 8.45 Å². The third kappa shape index (κ3) is 5.15. The summed E-state index contributed by atoms with van der Waals surface area (Å²) in [4.78, 5) is 11.4. The number of halogens is 4. The van der Waals surface area contributed by atoms with Crippen LogP contribution in [0.25, 0.3) is 0 Å². The first-order valence-corrected chi connectivity index (χ1v) is 6.43. The van der Waals surface area contributed by atoms with Gasteiger partial charge in [-0.25, -0.2) is 0 Å². The molecule has 0 radical (unpaired) electrons. The van der Waals surface area contributed by atoms with Crippen LogP contribution >= 0.6 is 33.9 Å². The summed E-state index contributed by atoms with van der Waals surface area (Å²) in [5, 5.41) is 4.13. The predicted octanol–water partition coefficient (Wildman–Crippen LogP) is 3.43. The standard InChI is InChI=1S/C9H9F3INOS/c10-9(11,12)2-1-3-14-8(15)6-4-7(13)16-5-6/h4-5H,1-3H2,(H,14,15). The van der Waals surface area contributed by atoms with Crippen LogP contribution in [0.5, 0.6) is 0 Å². The van der Waals surface area contributed by atoms with Gasteiger partial charge in [-0.15, -0.1) is 11.3 Å². The second-order valence-corrected chi connectivity index (χ2v) is 5.92. The first kappa shape index (κ1) is 13.8. The zero-order valence-corrected chi connectivity index (χ0v) is 11.1. The molecule has 0 aliphatic heterocycles. The minimum Gasteiger partial charge on any atom is -0.352 e. The molecular formula is C9H9F3INOS. The molecule has 0 aliphatic rings. The molecule has 16 heavy (non-hydrogen) atoms. The van der Waals surface area contributed by atoms with Crippen LogP contribution in [-0.4, -0.2) is 18.6 Å². The Labute approximate surface area is 108 Å². The SMILES string of the molecule is O=C(NCCCC(F)(F)F)c1csc(I)c1. The average molecular weight is 363 g/mol. The van der Waals surface area contributed by atoms with E-state index in [-0.39, 0.29) is 18.9 Å². The Morgan fingerprint density at radius 3 is 2.69 bits per heavy atom. The molecule has 0 aromatic carbocycles. The van der Waals surface area contributed by atoms with E-state index in [2.05, 4.69) is 27.9 Å². The summed E-state index contributed by atoms with van der Waals surface area (Å²) in [7, 11) is 0. The number of thiophene rings is 1. The van der Waals surface area contributed by atoms with E-state index in [9.17, 15) is 18.0 Å². The maximum atomic E-state index is 11.8. The van der Waals surface area contributed by atoms with Crippen LogP contribution in [0.3, 0.4) is 0 Å². The first-order chi connectivity index (χ1) is 7.38. The highest BCUT2D eigenvalue weighted by molar-refractivity contribution is 14.1. The number of amides is 1. The Balaban J connectivity index is 2.26. The van der Waals surface area contributed by atoms with Gasteiger partial charge in [0, 0.05) is 18.3 Å². The van der Waals surface area contributed by atoms with Crippen molar-refractivity contribution in [3.05, 3.63) is 19.9 Å². The lowest BCUT2D eigenvalue weighted by atomic mass is 10.3. The van der Waals surface area contributed by atoms with Gasteiger partial charge in [0.2, 0.25) is 0 Å². The molecular weight excluding hydrogens is 354 g/mol. The van der Waals surface area contributed by atoms with Crippen molar-refractivity contribution >= 4 is 39.8 Å². The molecule has 0 atom stereocenters. The number of carbonyl (C=O) groups is 1. The van der Waals surface area contributed by atoms with Crippen LogP contribution in [-0.2, 0) is 0 Å². The first-order valence-electron chi connectivity index (χ1n) is 4.47. The van der Waals surface area contributed by atoms with Crippen molar-refractivity contribution in [2.45, 2.75) is 19.0 Å². The average Bonchev–Trinajstić information content (AvgIpc) is 2.57. The van der Waals surface area contributed by atoms with Crippen LogP contribution < -0.4 is 5.32 Å². The van der Waals surface area contributed by atoms with E-state index in [1.54, 1.807) is 11.4 Å². The molecule has 0 spiro atoms. The minimum atomic E-state index is -4.15. The van der Waals surface area contributed by atoms with Gasteiger partial charge in [0.25, 0.3) is 5.91 Å². The fraction of sp³-hybridized carbons (Fsp3) is 0.444. The summed E-state index contributed by atoms with van der Waals surface area (Å²) >= 11 is 3.50. The summed E-state index contributed by atoms with van der Waals surface area (Å²) in [6.07, 6.45) is -5.10. The van der Waals surface area contributed by atoms with Gasteiger partial charge < -0.3 is 5.32 Å². The van der Waals surface area contributed by atoms with Crippen molar-refractivity contribution in [1.82, 2.24) is 5.32 Å². The summed E-state index contributed by atoms with van der Waals surface area (Å²) in [5.74, 6) is -0.318. The van der Waals surface area contributed by atoms with Crippen molar-refractivity contribution in [2.75, 3.05) is 6.54 Å². The highest BCUT2D eigenvalue weighted by Gasteiger charge is 2.25. The molecule has 90 valence electrons. The third-order valence-corrected chi connectivity index (χ3v) is 3.54. The van der Waals surface area contributed by atoms with E-state index in [4.69, 9.17) is 0 Å². The minimum absolute atomic E-state index is 0.0464. The van der Waals surface area contributed by atoms with Gasteiger partial charge in [-0.3, -0.25) is 4.79 Å². The molecule has 2 nitrogen and oxygen atoms in total. The van der Waals surface area contributed by atoms with Crippen molar-refractivity contribution in [1.29, 1.82) is 0 Å². The van der Waals surface area contributed by atoms with Crippen molar-refractivity contribution in [3.8, 4) is 0 Å². The number of rotatable bonds is 4. The van der Waals surface area contributed by atoms with E-state index in [1.807, 2.05) is 0 Å². The summed E-state index contributed by atoms with van der Waals surface area (Å²) in [5.41, 5.74) is 0.501. The van der Waals surface area contributed by atoms with Gasteiger partial charge in [0.1, 0.15) is 0 Å². The number of alkyl halides is 3. The number of carbonyl (C=O) groups excluding carboxylic acids is 1. The van der Waals surface area contributed by atoms with Crippen molar-refractivity contribution < 1.29 is 18.0 Å². The van der Waals surface area contributed by atoms with Crippen LogP contribution in [0.15, 0.2) is 11.4 Å². The van der Waals surface area contributed by atoms with Crippen LogP contribution in [0.1, 0.15) is 23.2 Å². The van der Waals surface area contributed by atoms with Crippen LogP contribution in [0.4, 0.5) is 13.2 Å². The van der Waals surface area contributed by atoms with Crippen molar-refractivity contribution in [2.24, 2.45) is 0 Å². The molecule has 0 aliphatic carbocycles. The second kappa shape index (κ2) is 5.85. The Morgan fingerprint density at radius 1 is 1.50 bits per heavy atom. The fourth-order valence-corrected chi connectivity index (χ4v) is 2.35. The molecule has 0 fully saturated rings. The van der Waals surface area contributed by atoms with Crippen LogP contribution in [0.2, 0.25) is 0 Å². The van der Waals surface area contributed by atoms with Gasteiger partial charge in [0.15, 0.2) is 0 Å². The summed E-state index contributed by atoms with van der Waals surface area (Å²) in [6.45, 7) is 0.0464. The smallest absolute Gasteiger partial charge is 0.352 e. The number of hydrogen-bond donors (Lipinski definition) is 1. The molecule has 1 N–H and O–H groups in total. The lowest BCUT2D eigenvalue weighted by Crippen LogP contribution is -2.25. The van der Waals surface area contributed by atoms with Gasteiger partial charge in [-0.1, -0.05) is 0 Å². The Bertz CT molecular complexity index is 364. The molecule has 0 bridgehead atoms. The van der Waals surface area contributed by atoms with E-state index < -0.39 is 12.6 Å². The Hall–Kier alpha value is -0.310. The lowest BCUT2D eigenvalue weighted by molar-refractivity contribution is -0.135. The highest BCUT2D eigenvalue weighted by atomic mass is 127. The van der Waals surface area contributed by atoms with Gasteiger partial charge in [-0.05, 0) is 35.1 Å². The zero-order chi connectivity index (χ0) is 12.2. The van der Waals surface area contributed by atoms with Gasteiger partial charge >= 0.3 is 6.18 Å². The molecule has 0 saturated carbocycles. The largest absolute Gasteiger partial charge is 0.389 e. The van der Waals surface area contributed by atoms with E-state index in [0.717, 1.165) is 2.88 Å². The number of nitrogens with one attached hydrogen (secondary N) is 1. The molecule has 0 saturated heterocycles. The molecule has 1 heterocycles. The molecule has 1 rings (SSSR count). The van der Waals surface area contributed by atoms with E-state index in [0.29, 0.717) is 5.56 Å². The third-order valence-electron chi connectivity index (χ3n) is 1.75. The predicted molar refractivity (Wildman–Crippen MR) is 64.7 cm³/mol. The van der Waals surface area contributed by atoms with Crippen molar-refractivity contribution in [3.63, 3.8) is 0 Å². The van der Waals surface area contributed by atoms with E-state index in [1.165, 1.54) is 11.3 Å². The topological polar surface area (TPSA) is 29.1 Å². The normalized spacial score (nSPS) is 11.5. The second-order valence-electron chi connectivity index (χ2n) is 3.11. The molecule has 7 heteroatoms. The maximum absolute atomic E-state index is 11.8. The summed E-state index contributed by atoms with van der Waals surface area (Å²) in [6, 6.07) is 1.70. The van der Waals surface area contributed by atoms with Crippen LogP contribution in [0, 0.1) is 2.88 Å². The monoisotopic (exact) mass is 363 g/mol. The molecule has 0 unspecified atom stereocenters. The lowest BCUT2D eigenvalue weighted by Gasteiger charge is -2.06. The van der Waals surface area contributed by atoms with Gasteiger partial charge in [-0.2, -0.15) is 13.2 Å². The number of hydrogen-bond acceptors (Lipinski definition) is 2. The Morgan fingerprint density at radius 2 is 2.19 bits per heavy atom. The fourth-order valence-electron chi connectivity index (χ4n) is 1.02. The Kier molecular flexibility index (Phi) is 5.03. The highest BCUT2D eigenvalue weighted by Crippen LogP contribution is 2.21. The molecule has 1 aromatic rings. The molecule has 1 amide bonds. The quantitative estimate of drug-likeness (QED) is 0.645. The van der Waals surface area contributed by atoms with E-state index >= 15 is 0 Å².